The fourth-order valence-electron chi connectivity index (χ4n) is 2.11. The Morgan fingerprint density at radius 2 is 1.91 bits per heavy atom. The first kappa shape index (κ1) is 17.6. The summed E-state index contributed by atoms with van der Waals surface area (Å²) < 4.78 is 5.62. The Kier molecular flexibility index (Phi) is 7.56. The van der Waals surface area contributed by atoms with Crippen molar-refractivity contribution in [1.29, 1.82) is 0 Å². The van der Waals surface area contributed by atoms with Crippen LogP contribution in [0.3, 0.4) is 0 Å². The lowest BCUT2D eigenvalue weighted by Gasteiger charge is -2.23. The first-order chi connectivity index (χ1) is 10.6. The number of benzene rings is 2. The third-order valence-corrected chi connectivity index (χ3v) is 4.29. The Morgan fingerprint density at radius 3 is 2.50 bits per heavy atom. The number of hydrogen-bond acceptors (Lipinski definition) is 3. The first-order valence-electron chi connectivity index (χ1n) is 7.15. The van der Waals surface area contributed by atoms with Crippen LogP contribution in [0, 0.1) is 0 Å². The molecule has 0 spiro atoms. The molecule has 1 unspecified atom stereocenters. The first-order valence-corrected chi connectivity index (χ1v) is 8.35. The summed E-state index contributed by atoms with van der Waals surface area (Å²) in [5.41, 5.74) is 1.36. The van der Waals surface area contributed by atoms with Gasteiger partial charge in [-0.25, -0.2) is 0 Å². The van der Waals surface area contributed by atoms with E-state index in [-0.39, 0.29) is 0 Å². The fraction of sp³-hybridized carbons (Fsp3) is 0.294. The fourth-order valence-corrected chi connectivity index (χ4v) is 2.69. The molecule has 0 aromatic heterocycles. The second-order valence-corrected chi connectivity index (χ2v) is 6.31. The monoisotopic (exact) mass is 355 g/mol. The lowest BCUT2D eigenvalue weighted by Crippen LogP contribution is -2.39. The van der Waals surface area contributed by atoms with Gasteiger partial charge in [0.2, 0.25) is 0 Å². The van der Waals surface area contributed by atoms with Crippen LogP contribution in [0.5, 0.6) is 0 Å². The van der Waals surface area contributed by atoms with Gasteiger partial charge in [0, 0.05) is 23.0 Å². The van der Waals surface area contributed by atoms with E-state index in [1.807, 2.05) is 6.07 Å². The minimum absolute atomic E-state index is 0.358. The molecule has 0 radical (unpaired) electrons. The van der Waals surface area contributed by atoms with Crippen molar-refractivity contribution in [2.45, 2.75) is 17.4 Å². The van der Waals surface area contributed by atoms with E-state index in [1.165, 1.54) is 5.56 Å². The molecule has 2 nitrogen and oxygen atoms in total. The van der Waals surface area contributed by atoms with E-state index in [4.69, 9.17) is 27.9 Å². The van der Waals surface area contributed by atoms with Crippen LogP contribution in [-0.2, 0) is 11.2 Å². The lowest BCUT2D eigenvalue weighted by atomic mass is 10.1. The van der Waals surface area contributed by atoms with E-state index in [1.54, 1.807) is 18.2 Å². The highest BCUT2D eigenvalue weighted by atomic mass is 35.5. The van der Waals surface area contributed by atoms with E-state index in [9.17, 15) is 0 Å². The van der Waals surface area contributed by atoms with Gasteiger partial charge < -0.3 is 10.1 Å². The molecular weight excluding hydrogens is 337 g/mol. The minimum atomic E-state index is 0.358. The summed E-state index contributed by atoms with van der Waals surface area (Å²) in [4.78, 5) is 0.712. The number of thiol groups is 1. The molecule has 5 heteroatoms. The second kappa shape index (κ2) is 9.43. The summed E-state index contributed by atoms with van der Waals surface area (Å²) in [7, 11) is 0. The molecule has 22 heavy (non-hydrogen) atoms. The number of hydrogen-bond donors (Lipinski definition) is 2. The number of nitrogens with one attached hydrogen (secondary N) is 1. The smallest absolute Gasteiger partial charge is 0.0740 e. The van der Waals surface area contributed by atoms with E-state index < -0.39 is 0 Å². The van der Waals surface area contributed by atoms with Gasteiger partial charge in [0.05, 0.1) is 17.7 Å². The third kappa shape index (κ3) is 6.19. The van der Waals surface area contributed by atoms with Crippen LogP contribution in [-0.4, -0.2) is 25.8 Å². The van der Waals surface area contributed by atoms with Gasteiger partial charge in [-0.15, -0.1) is 12.6 Å². The van der Waals surface area contributed by atoms with Crippen molar-refractivity contribution in [3.05, 3.63) is 64.1 Å². The van der Waals surface area contributed by atoms with Crippen molar-refractivity contribution in [2.75, 3.05) is 19.7 Å². The Labute approximate surface area is 147 Å². The van der Waals surface area contributed by atoms with Gasteiger partial charge in [0.1, 0.15) is 0 Å². The Morgan fingerprint density at radius 1 is 1.14 bits per heavy atom. The molecule has 3 rings (SSSR count). The third-order valence-electron chi connectivity index (χ3n) is 3.22. The van der Waals surface area contributed by atoms with Gasteiger partial charge in [-0.1, -0.05) is 53.5 Å². The predicted octanol–water partition coefficient (Wildman–Crippen LogP) is 4.50. The molecule has 1 aliphatic rings. The quantitative estimate of drug-likeness (QED) is 0.773. The number of ether oxygens (including phenoxy) is 1. The van der Waals surface area contributed by atoms with Gasteiger partial charge >= 0.3 is 0 Å². The SMILES string of the molecule is Sc1cc(Cl)ccc1Cl.c1ccc(CC2CNCCO2)cc1. The zero-order valence-corrected chi connectivity index (χ0v) is 14.5. The summed E-state index contributed by atoms with van der Waals surface area (Å²) in [6.45, 7) is 2.82. The highest BCUT2D eigenvalue weighted by Gasteiger charge is 2.12. The highest BCUT2D eigenvalue weighted by Crippen LogP contribution is 2.22. The topological polar surface area (TPSA) is 21.3 Å². The van der Waals surface area contributed by atoms with E-state index in [2.05, 4.69) is 42.2 Å². The molecule has 1 aliphatic heterocycles. The maximum Gasteiger partial charge on any atom is 0.0740 e. The van der Waals surface area contributed by atoms with Crippen molar-refractivity contribution >= 4 is 35.8 Å². The highest BCUT2D eigenvalue weighted by molar-refractivity contribution is 7.80. The largest absolute Gasteiger partial charge is 0.375 e. The number of rotatable bonds is 2. The summed E-state index contributed by atoms with van der Waals surface area (Å²) in [5, 5.41) is 4.61. The van der Waals surface area contributed by atoms with Crippen LogP contribution in [0.1, 0.15) is 5.56 Å². The summed E-state index contributed by atoms with van der Waals surface area (Å²) in [6, 6.07) is 15.6. The molecule has 0 saturated carbocycles. The summed E-state index contributed by atoms with van der Waals surface area (Å²) in [5.74, 6) is 0. The Balaban J connectivity index is 0.000000172. The predicted molar refractivity (Wildman–Crippen MR) is 96.5 cm³/mol. The normalized spacial score (nSPS) is 17.5. The molecule has 0 bridgehead atoms. The van der Waals surface area contributed by atoms with Gasteiger partial charge in [-0.05, 0) is 30.2 Å². The maximum atomic E-state index is 5.65. The average Bonchev–Trinajstić information content (AvgIpc) is 2.54. The summed E-state index contributed by atoms with van der Waals surface area (Å²) >= 11 is 15.3. The molecule has 1 fully saturated rings. The van der Waals surface area contributed by atoms with Crippen molar-refractivity contribution in [1.82, 2.24) is 5.32 Å². The van der Waals surface area contributed by atoms with Crippen molar-refractivity contribution in [3.8, 4) is 0 Å². The van der Waals surface area contributed by atoms with E-state index >= 15 is 0 Å². The minimum Gasteiger partial charge on any atom is -0.375 e. The molecule has 118 valence electrons. The van der Waals surface area contributed by atoms with Crippen LogP contribution in [0.4, 0.5) is 0 Å². The molecule has 1 heterocycles. The Hall–Kier alpha value is -0.710. The molecular formula is C17H19Cl2NOS. The number of morpholine rings is 1. The standard InChI is InChI=1S/C11H15NO.C6H4Cl2S/c1-2-4-10(5-3-1)8-11-9-12-6-7-13-11;7-4-1-2-5(8)6(9)3-4/h1-5,11-12H,6-9H2;1-3,9H. The van der Waals surface area contributed by atoms with Crippen LogP contribution < -0.4 is 5.32 Å². The summed E-state index contributed by atoms with van der Waals surface area (Å²) in [6.07, 6.45) is 1.38. The van der Waals surface area contributed by atoms with Crippen molar-refractivity contribution < 1.29 is 4.74 Å². The molecule has 1 saturated heterocycles. The second-order valence-electron chi connectivity index (χ2n) is 4.98. The molecule has 2 aromatic rings. The zero-order valence-electron chi connectivity index (χ0n) is 12.1. The van der Waals surface area contributed by atoms with Crippen LogP contribution in [0.2, 0.25) is 10.0 Å². The van der Waals surface area contributed by atoms with Gasteiger partial charge in [0.15, 0.2) is 0 Å². The van der Waals surface area contributed by atoms with Gasteiger partial charge in [-0.3, -0.25) is 0 Å². The zero-order chi connectivity index (χ0) is 15.8. The number of halogens is 2. The lowest BCUT2D eigenvalue weighted by molar-refractivity contribution is 0.0292. The van der Waals surface area contributed by atoms with E-state index in [0.29, 0.717) is 21.0 Å². The van der Waals surface area contributed by atoms with Crippen molar-refractivity contribution in [2.24, 2.45) is 0 Å². The van der Waals surface area contributed by atoms with Crippen LogP contribution in [0.25, 0.3) is 0 Å². The van der Waals surface area contributed by atoms with Crippen LogP contribution in [0.15, 0.2) is 53.4 Å². The average molecular weight is 356 g/mol. The molecule has 1 atom stereocenters. The maximum absolute atomic E-state index is 5.65. The van der Waals surface area contributed by atoms with Crippen LogP contribution >= 0.6 is 35.8 Å². The molecule has 2 aromatic carbocycles. The molecule has 0 amide bonds. The Bertz CT molecular complexity index is 574. The molecule has 1 N–H and O–H groups in total. The van der Waals surface area contributed by atoms with Gasteiger partial charge in [-0.2, -0.15) is 0 Å². The van der Waals surface area contributed by atoms with E-state index in [0.717, 1.165) is 26.1 Å². The van der Waals surface area contributed by atoms with Crippen molar-refractivity contribution in [3.63, 3.8) is 0 Å². The molecule has 0 aliphatic carbocycles. The van der Waals surface area contributed by atoms with Gasteiger partial charge in [0.25, 0.3) is 0 Å².